The third-order valence-electron chi connectivity index (χ3n) is 5.46. The summed E-state index contributed by atoms with van der Waals surface area (Å²) < 4.78 is 7.07. The number of morpholine rings is 1. The van der Waals surface area contributed by atoms with Crippen LogP contribution in [0.3, 0.4) is 0 Å². The SMILES string of the molecule is O=C(CCc1nnc2ccc(NC3CCCCCC3)nn12)N1CCOCC1. The molecule has 8 heteroatoms. The molecule has 1 saturated carbocycles. The van der Waals surface area contributed by atoms with Crippen molar-refractivity contribution in [3.63, 3.8) is 0 Å². The van der Waals surface area contributed by atoms with E-state index in [4.69, 9.17) is 4.74 Å². The van der Waals surface area contributed by atoms with Crippen molar-refractivity contribution in [2.45, 2.75) is 57.4 Å². The summed E-state index contributed by atoms with van der Waals surface area (Å²) in [6.07, 6.45) is 8.57. The second-order valence-electron chi connectivity index (χ2n) is 7.43. The maximum atomic E-state index is 12.4. The number of carbonyl (C=O) groups is 1. The monoisotopic (exact) mass is 372 g/mol. The fourth-order valence-electron chi connectivity index (χ4n) is 3.89. The van der Waals surface area contributed by atoms with E-state index in [9.17, 15) is 4.79 Å². The highest BCUT2D eigenvalue weighted by atomic mass is 16.5. The molecule has 1 N–H and O–H groups in total. The molecular formula is C19H28N6O2. The number of aromatic nitrogens is 4. The van der Waals surface area contributed by atoms with E-state index in [1.165, 1.54) is 38.5 Å². The molecule has 0 spiro atoms. The van der Waals surface area contributed by atoms with Gasteiger partial charge in [0.25, 0.3) is 0 Å². The highest BCUT2D eigenvalue weighted by Crippen LogP contribution is 2.20. The predicted octanol–water partition coefficient (Wildman–Crippen LogP) is 2.05. The Morgan fingerprint density at radius 1 is 1.11 bits per heavy atom. The van der Waals surface area contributed by atoms with Gasteiger partial charge >= 0.3 is 0 Å². The van der Waals surface area contributed by atoms with Crippen molar-refractivity contribution in [3.8, 4) is 0 Å². The Kier molecular flexibility index (Phi) is 5.81. The van der Waals surface area contributed by atoms with Crippen molar-refractivity contribution in [2.75, 3.05) is 31.6 Å². The molecule has 1 aliphatic heterocycles. The van der Waals surface area contributed by atoms with Crippen LogP contribution in [0, 0.1) is 0 Å². The van der Waals surface area contributed by atoms with Gasteiger partial charge < -0.3 is 15.0 Å². The molecule has 2 aromatic rings. The topological polar surface area (TPSA) is 84.7 Å². The van der Waals surface area contributed by atoms with Crippen molar-refractivity contribution >= 4 is 17.4 Å². The molecule has 8 nitrogen and oxygen atoms in total. The summed E-state index contributed by atoms with van der Waals surface area (Å²) in [5.41, 5.74) is 0.718. The van der Waals surface area contributed by atoms with E-state index in [1.807, 2.05) is 17.0 Å². The fourth-order valence-corrected chi connectivity index (χ4v) is 3.89. The largest absolute Gasteiger partial charge is 0.378 e. The maximum Gasteiger partial charge on any atom is 0.223 e. The third kappa shape index (κ3) is 4.55. The molecule has 3 heterocycles. The number of rotatable bonds is 5. The first-order chi connectivity index (χ1) is 13.3. The zero-order chi connectivity index (χ0) is 18.5. The van der Waals surface area contributed by atoms with Gasteiger partial charge in [0.15, 0.2) is 11.5 Å². The summed E-state index contributed by atoms with van der Waals surface area (Å²) in [5.74, 6) is 1.73. The lowest BCUT2D eigenvalue weighted by Gasteiger charge is -2.26. The quantitative estimate of drug-likeness (QED) is 0.809. The predicted molar refractivity (Wildman–Crippen MR) is 102 cm³/mol. The number of carbonyl (C=O) groups excluding carboxylic acids is 1. The van der Waals surface area contributed by atoms with E-state index in [-0.39, 0.29) is 5.91 Å². The Balaban J connectivity index is 1.41. The van der Waals surface area contributed by atoms with E-state index < -0.39 is 0 Å². The van der Waals surface area contributed by atoms with E-state index >= 15 is 0 Å². The van der Waals surface area contributed by atoms with Crippen LogP contribution in [-0.4, -0.2) is 63.0 Å². The highest BCUT2D eigenvalue weighted by Gasteiger charge is 2.18. The van der Waals surface area contributed by atoms with E-state index in [0.29, 0.717) is 45.2 Å². The van der Waals surface area contributed by atoms with Crippen LogP contribution in [0.4, 0.5) is 5.82 Å². The standard InChI is InChI=1S/C19H28N6O2/c26-19(24-11-13-27-14-12-24)10-9-18-22-21-17-8-7-16(23-25(17)18)20-15-5-3-1-2-4-6-15/h7-8,15H,1-6,9-14H2,(H,20,23). The summed E-state index contributed by atoms with van der Waals surface area (Å²) in [4.78, 5) is 14.2. The van der Waals surface area contributed by atoms with Crippen molar-refractivity contribution in [3.05, 3.63) is 18.0 Å². The van der Waals surface area contributed by atoms with Crippen molar-refractivity contribution in [1.29, 1.82) is 0 Å². The molecule has 1 aliphatic carbocycles. The second-order valence-corrected chi connectivity index (χ2v) is 7.43. The van der Waals surface area contributed by atoms with Crippen LogP contribution < -0.4 is 5.32 Å². The lowest BCUT2D eigenvalue weighted by atomic mass is 10.1. The molecule has 0 bridgehead atoms. The summed E-state index contributed by atoms with van der Waals surface area (Å²) in [6.45, 7) is 2.59. The van der Waals surface area contributed by atoms with Crippen molar-refractivity contribution < 1.29 is 9.53 Å². The molecule has 2 aromatic heterocycles. The average molecular weight is 372 g/mol. The molecule has 4 rings (SSSR count). The van der Waals surface area contributed by atoms with Gasteiger partial charge in [0.05, 0.1) is 13.2 Å². The molecular weight excluding hydrogens is 344 g/mol. The van der Waals surface area contributed by atoms with Gasteiger partial charge in [0.2, 0.25) is 5.91 Å². The lowest BCUT2D eigenvalue weighted by molar-refractivity contribution is -0.135. The van der Waals surface area contributed by atoms with Crippen molar-refractivity contribution in [2.24, 2.45) is 0 Å². The lowest BCUT2D eigenvalue weighted by Crippen LogP contribution is -2.40. The number of nitrogens with one attached hydrogen (secondary N) is 1. The van der Waals surface area contributed by atoms with Crippen LogP contribution in [0.2, 0.25) is 0 Å². The first kappa shape index (κ1) is 18.2. The van der Waals surface area contributed by atoms with Gasteiger partial charge in [-0.1, -0.05) is 25.7 Å². The molecule has 1 amide bonds. The Morgan fingerprint density at radius 3 is 2.67 bits per heavy atom. The summed E-state index contributed by atoms with van der Waals surface area (Å²) >= 11 is 0. The minimum Gasteiger partial charge on any atom is -0.378 e. The van der Waals surface area contributed by atoms with Gasteiger partial charge in [-0.15, -0.1) is 15.3 Å². The number of amides is 1. The number of fused-ring (bicyclic) bond motifs is 1. The molecule has 146 valence electrons. The molecule has 27 heavy (non-hydrogen) atoms. The summed E-state index contributed by atoms with van der Waals surface area (Å²) in [6, 6.07) is 4.39. The normalized spacial score (nSPS) is 19.2. The number of aryl methyl sites for hydroxylation is 1. The summed E-state index contributed by atoms with van der Waals surface area (Å²) in [5, 5.41) is 16.7. The third-order valence-corrected chi connectivity index (χ3v) is 5.46. The number of ether oxygens (including phenoxy) is 1. The second kappa shape index (κ2) is 8.65. The van der Waals surface area contributed by atoms with Gasteiger partial charge in [-0.3, -0.25) is 4.79 Å². The highest BCUT2D eigenvalue weighted by molar-refractivity contribution is 5.76. The molecule has 1 saturated heterocycles. The van der Waals surface area contributed by atoms with Gasteiger partial charge in [-0.2, -0.15) is 4.52 Å². The van der Waals surface area contributed by atoms with Crippen LogP contribution in [0.15, 0.2) is 12.1 Å². The van der Waals surface area contributed by atoms with Crippen LogP contribution in [-0.2, 0) is 16.0 Å². The maximum absolute atomic E-state index is 12.4. The van der Waals surface area contributed by atoms with Gasteiger partial charge in [0, 0.05) is 32.0 Å². The van der Waals surface area contributed by atoms with Crippen LogP contribution in [0.1, 0.15) is 50.8 Å². The van der Waals surface area contributed by atoms with Crippen LogP contribution in [0.5, 0.6) is 0 Å². The molecule has 2 fully saturated rings. The zero-order valence-corrected chi connectivity index (χ0v) is 15.8. The molecule has 0 unspecified atom stereocenters. The molecule has 0 radical (unpaired) electrons. The smallest absolute Gasteiger partial charge is 0.223 e. The van der Waals surface area contributed by atoms with Crippen molar-refractivity contribution in [1.82, 2.24) is 24.7 Å². The first-order valence-corrected chi connectivity index (χ1v) is 10.1. The van der Waals surface area contributed by atoms with Crippen LogP contribution in [0.25, 0.3) is 5.65 Å². The average Bonchev–Trinajstić information content (AvgIpc) is 2.92. The Labute approximate surface area is 159 Å². The molecule has 0 atom stereocenters. The summed E-state index contributed by atoms with van der Waals surface area (Å²) in [7, 11) is 0. The van der Waals surface area contributed by atoms with E-state index in [2.05, 4.69) is 20.6 Å². The number of hydrogen-bond donors (Lipinski definition) is 1. The zero-order valence-electron chi connectivity index (χ0n) is 15.8. The number of hydrogen-bond acceptors (Lipinski definition) is 6. The Hall–Kier alpha value is -2.22. The van der Waals surface area contributed by atoms with Gasteiger partial charge in [0.1, 0.15) is 5.82 Å². The van der Waals surface area contributed by atoms with E-state index in [1.54, 1.807) is 4.52 Å². The van der Waals surface area contributed by atoms with E-state index in [0.717, 1.165) is 17.3 Å². The van der Waals surface area contributed by atoms with Gasteiger partial charge in [-0.25, -0.2) is 0 Å². The minimum absolute atomic E-state index is 0.141. The first-order valence-electron chi connectivity index (χ1n) is 10.1. The van der Waals surface area contributed by atoms with Gasteiger partial charge in [-0.05, 0) is 25.0 Å². The molecule has 2 aliphatic rings. The number of anilines is 1. The Bertz CT molecular complexity index is 763. The van der Waals surface area contributed by atoms with Crippen LogP contribution >= 0.6 is 0 Å². The minimum atomic E-state index is 0.141. The Morgan fingerprint density at radius 2 is 1.89 bits per heavy atom. The fraction of sp³-hybridized carbons (Fsp3) is 0.684. The molecule has 0 aromatic carbocycles. The number of nitrogens with zero attached hydrogens (tertiary/aromatic N) is 5.